The predicted molar refractivity (Wildman–Crippen MR) is 132 cm³/mol. The fourth-order valence-electron chi connectivity index (χ4n) is 3.43. The Morgan fingerprint density at radius 2 is 1.69 bits per heavy atom. The molecule has 3 rings (SSSR count). The number of amides is 1. The summed E-state index contributed by atoms with van der Waals surface area (Å²) in [7, 11) is 2.89. The van der Waals surface area contributed by atoms with E-state index in [4.69, 9.17) is 32.7 Å². The average Bonchev–Trinajstić information content (AvgIpc) is 2.84. The quantitative estimate of drug-likeness (QED) is 0.301. The molecule has 36 heavy (non-hydrogen) atoms. The van der Waals surface area contributed by atoms with Crippen molar-refractivity contribution in [1.82, 2.24) is 15.5 Å². The highest BCUT2D eigenvalue weighted by Crippen LogP contribution is 2.33. The molecule has 0 aliphatic carbocycles. The number of carboxylic acids is 1. The van der Waals surface area contributed by atoms with Crippen molar-refractivity contribution in [2.45, 2.75) is 18.6 Å². The van der Waals surface area contributed by atoms with Crippen LogP contribution in [-0.4, -0.2) is 71.1 Å². The molecule has 0 saturated carbocycles. The predicted octanol–water partition coefficient (Wildman–Crippen LogP) is 1.98. The summed E-state index contributed by atoms with van der Waals surface area (Å²) in [5.41, 5.74) is 0.259. The standard InChI is InChI=1S/C23H24Cl2N4O7/c1-35-15-7-4-8-16(36-2)19(15)21(31)27-17-9-10-29(23(34)28-17)11-14(22(32)33)26-20(30)18-12(24)5-3-6-13(18)25/h3-10,14,21,23,31,34H,11H2,1-2H3,(H,26,30)(H,27,28)(H,32,33)/t14-,21?,23?/m0/s1. The van der Waals surface area contributed by atoms with Gasteiger partial charge in [0.05, 0.1) is 41.9 Å². The van der Waals surface area contributed by atoms with Gasteiger partial charge in [0.2, 0.25) is 6.35 Å². The van der Waals surface area contributed by atoms with Crippen LogP contribution < -0.4 is 20.1 Å². The monoisotopic (exact) mass is 538 g/mol. The summed E-state index contributed by atoms with van der Waals surface area (Å²) in [5.74, 6) is -1.28. The Labute approximate surface area is 216 Å². The van der Waals surface area contributed by atoms with Gasteiger partial charge in [-0.2, -0.15) is 0 Å². The van der Waals surface area contributed by atoms with Crippen molar-refractivity contribution in [3.63, 3.8) is 0 Å². The number of aliphatic hydroxyl groups is 2. The van der Waals surface area contributed by atoms with Gasteiger partial charge in [-0.15, -0.1) is 0 Å². The first kappa shape index (κ1) is 27.1. The number of aliphatic carboxylic acids is 1. The number of hydrogen-bond donors (Lipinski definition) is 5. The van der Waals surface area contributed by atoms with Crippen LogP contribution in [0.4, 0.5) is 0 Å². The van der Waals surface area contributed by atoms with E-state index in [1.165, 1.54) is 43.5 Å². The number of nitrogens with one attached hydrogen (secondary N) is 2. The van der Waals surface area contributed by atoms with E-state index in [1.54, 1.807) is 24.3 Å². The number of methoxy groups -OCH3 is 2. The van der Waals surface area contributed by atoms with Crippen molar-refractivity contribution in [2.24, 2.45) is 4.99 Å². The summed E-state index contributed by atoms with van der Waals surface area (Å²) in [5, 5.41) is 36.0. The Bertz CT molecular complexity index is 1150. The Balaban J connectivity index is 1.69. The molecule has 2 unspecified atom stereocenters. The third kappa shape index (κ3) is 6.18. The number of rotatable bonds is 9. The number of carbonyl (C=O) groups is 2. The molecule has 13 heteroatoms. The summed E-state index contributed by atoms with van der Waals surface area (Å²) in [4.78, 5) is 29.6. The fraction of sp³-hybridized carbons (Fsp3) is 0.261. The van der Waals surface area contributed by atoms with E-state index < -0.39 is 30.5 Å². The van der Waals surface area contributed by atoms with Gasteiger partial charge in [-0.3, -0.25) is 4.79 Å². The van der Waals surface area contributed by atoms with Crippen molar-refractivity contribution in [3.05, 3.63) is 69.8 Å². The highest BCUT2D eigenvalue weighted by molar-refractivity contribution is 6.39. The van der Waals surface area contributed by atoms with Crippen molar-refractivity contribution >= 4 is 40.9 Å². The van der Waals surface area contributed by atoms with Crippen LogP contribution >= 0.6 is 23.2 Å². The number of ether oxygens (including phenoxy) is 2. The van der Waals surface area contributed by atoms with Crippen LogP contribution in [0, 0.1) is 0 Å². The van der Waals surface area contributed by atoms with E-state index in [1.807, 2.05) is 0 Å². The van der Waals surface area contributed by atoms with Gasteiger partial charge in [0.1, 0.15) is 23.4 Å². The first-order valence-corrected chi connectivity index (χ1v) is 11.2. The lowest BCUT2D eigenvalue weighted by atomic mass is 10.1. The van der Waals surface area contributed by atoms with E-state index in [-0.39, 0.29) is 28.0 Å². The van der Waals surface area contributed by atoms with Crippen molar-refractivity contribution < 1.29 is 34.4 Å². The number of benzene rings is 2. The zero-order valence-electron chi connectivity index (χ0n) is 19.2. The van der Waals surface area contributed by atoms with E-state index in [2.05, 4.69) is 15.6 Å². The molecule has 0 aromatic heterocycles. The minimum absolute atomic E-state index is 0.0626. The molecule has 0 saturated heterocycles. The zero-order chi connectivity index (χ0) is 26.4. The molecule has 1 amide bonds. The number of aliphatic imine (C=N–C) groups is 1. The summed E-state index contributed by atoms with van der Waals surface area (Å²) in [6, 6.07) is 8.01. The van der Waals surface area contributed by atoms with Crippen LogP contribution in [0.5, 0.6) is 11.5 Å². The molecular weight excluding hydrogens is 515 g/mol. The Morgan fingerprint density at radius 3 is 2.22 bits per heavy atom. The maximum atomic E-state index is 12.6. The average molecular weight is 539 g/mol. The lowest BCUT2D eigenvalue weighted by Crippen LogP contribution is -2.50. The molecule has 0 bridgehead atoms. The molecule has 1 aliphatic heterocycles. The molecule has 192 valence electrons. The first-order valence-electron chi connectivity index (χ1n) is 10.5. The lowest BCUT2D eigenvalue weighted by Gasteiger charge is -2.30. The SMILES string of the molecule is COc1cccc(OC)c1C(O)NC1=NC(O)N(C[C@H](NC(=O)c2c(Cl)cccc2Cl)C(=O)O)C=C1. The van der Waals surface area contributed by atoms with Gasteiger partial charge in [-0.05, 0) is 30.3 Å². The minimum atomic E-state index is -1.51. The van der Waals surface area contributed by atoms with Gasteiger partial charge in [0.15, 0.2) is 6.23 Å². The number of amidine groups is 1. The van der Waals surface area contributed by atoms with E-state index in [9.17, 15) is 24.9 Å². The second kappa shape index (κ2) is 12.0. The molecule has 5 N–H and O–H groups in total. The Morgan fingerprint density at radius 1 is 1.11 bits per heavy atom. The summed E-state index contributed by atoms with van der Waals surface area (Å²) in [6.45, 7) is -0.333. The van der Waals surface area contributed by atoms with Crippen LogP contribution in [0.2, 0.25) is 10.0 Å². The van der Waals surface area contributed by atoms with E-state index in [0.717, 1.165) is 0 Å². The maximum absolute atomic E-state index is 12.6. The van der Waals surface area contributed by atoms with Crippen molar-refractivity contribution in [2.75, 3.05) is 20.8 Å². The molecule has 0 spiro atoms. The molecule has 2 aromatic carbocycles. The fourth-order valence-corrected chi connectivity index (χ4v) is 4.00. The van der Waals surface area contributed by atoms with E-state index in [0.29, 0.717) is 17.1 Å². The highest BCUT2D eigenvalue weighted by Gasteiger charge is 2.28. The van der Waals surface area contributed by atoms with Gasteiger partial charge < -0.3 is 40.3 Å². The Hall–Kier alpha value is -3.51. The zero-order valence-corrected chi connectivity index (χ0v) is 20.7. The topological polar surface area (TPSA) is 153 Å². The molecular formula is C23H24Cl2N4O7. The lowest BCUT2D eigenvalue weighted by molar-refractivity contribution is -0.140. The number of hydrogen-bond acceptors (Lipinski definition) is 9. The van der Waals surface area contributed by atoms with Crippen LogP contribution in [0.25, 0.3) is 0 Å². The summed E-state index contributed by atoms with van der Waals surface area (Å²) >= 11 is 12.1. The third-order valence-corrected chi connectivity index (χ3v) is 5.82. The molecule has 0 fully saturated rings. The van der Waals surface area contributed by atoms with Gasteiger partial charge in [0, 0.05) is 6.20 Å². The van der Waals surface area contributed by atoms with Gasteiger partial charge in [0.25, 0.3) is 5.91 Å². The number of aliphatic hydroxyl groups excluding tert-OH is 2. The second-order valence-electron chi connectivity index (χ2n) is 7.46. The minimum Gasteiger partial charge on any atom is -0.496 e. The summed E-state index contributed by atoms with van der Waals surface area (Å²) < 4.78 is 10.6. The maximum Gasteiger partial charge on any atom is 0.328 e. The van der Waals surface area contributed by atoms with Crippen LogP contribution in [0.1, 0.15) is 22.1 Å². The molecule has 1 aliphatic rings. The molecule has 0 radical (unpaired) electrons. The van der Waals surface area contributed by atoms with Crippen LogP contribution in [0.15, 0.2) is 53.7 Å². The second-order valence-corrected chi connectivity index (χ2v) is 8.27. The number of halogens is 2. The Kier molecular flexibility index (Phi) is 8.99. The van der Waals surface area contributed by atoms with Crippen molar-refractivity contribution in [1.29, 1.82) is 0 Å². The largest absolute Gasteiger partial charge is 0.496 e. The van der Waals surface area contributed by atoms with Crippen molar-refractivity contribution in [3.8, 4) is 11.5 Å². The number of carboxylic acid groups (broad SMARTS) is 1. The van der Waals surface area contributed by atoms with E-state index >= 15 is 0 Å². The summed E-state index contributed by atoms with van der Waals surface area (Å²) in [6.07, 6.45) is -0.0168. The smallest absolute Gasteiger partial charge is 0.328 e. The number of carbonyl (C=O) groups excluding carboxylic acids is 1. The highest BCUT2D eigenvalue weighted by atomic mass is 35.5. The van der Waals surface area contributed by atoms with Gasteiger partial charge >= 0.3 is 5.97 Å². The number of nitrogens with zero attached hydrogens (tertiary/aromatic N) is 2. The normalized spacial score (nSPS) is 16.6. The van der Waals surface area contributed by atoms with Crippen LogP contribution in [-0.2, 0) is 4.79 Å². The molecule has 2 aromatic rings. The third-order valence-electron chi connectivity index (χ3n) is 5.19. The molecule has 3 atom stereocenters. The first-order chi connectivity index (χ1) is 17.2. The molecule has 11 nitrogen and oxygen atoms in total. The van der Waals surface area contributed by atoms with Crippen LogP contribution in [0.3, 0.4) is 0 Å². The van der Waals surface area contributed by atoms with Gasteiger partial charge in [-0.25, -0.2) is 9.79 Å². The molecule has 1 heterocycles. The van der Waals surface area contributed by atoms with Gasteiger partial charge in [-0.1, -0.05) is 35.3 Å².